The molecule has 1 saturated heterocycles. The molecule has 1 aliphatic rings. The number of non-ortho nitro benzene ring substituents is 1. The van der Waals surface area contributed by atoms with Crippen LogP contribution in [0.2, 0.25) is 0 Å². The Hall–Kier alpha value is -4.11. The minimum atomic E-state index is -0.689. The molecule has 0 aliphatic carbocycles. The van der Waals surface area contributed by atoms with Crippen LogP contribution in [0, 0.1) is 24.0 Å². The van der Waals surface area contributed by atoms with Gasteiger partial charge in [0.05, 0.1) is 34.5 Å². The van der Waals surface area contributed by atoms with Crippen LogP contribution in [0.5, 0.6) is 0 Å². The van der Waals surface area contributed by atoms with Crippen LogP contribution in [0.3, 0.4) is 0 Å². The van der Waals surface area contributed by atoms with Gasteiger partial charge in [-0.05, 0) is 31.4 Å². The number of carbonyl (C=O) groups excluding carboxylic acids is 2. The van der Waals surface area contributed by atoms with Gasteiger partial charge in [-0.15, -0.1) is 0 Å². The van der Waals surface area contributed by atoms with E-state index in [0.29, 0.717) is 29.9 Å². The van der Waals surface area contributed by atoms with Crippen LogP contribution in [0.1, 0.15) is 44.1 Å². The van der Waals surface area contributed by atoms with Gasteiger partial charge in [0.15, 0.2) is 0 Å². The Labute approximate surface area is 208 Å². The topological polar surface area (TPSA) is 112 Å². The first-order chi connectivity index (χ1) is 17.3. The van der Waals surface area contributed by atoms with Crippen molar-refractivity contribution in [3.8, 4) is 11.1 Å². The number of hydrogen-bond acceptors (Lipinski definition) is 8. The third-order valence-corrected chi connectivity index (χ3v) is 6.25. The van der Waals surface area contributed by atoms with Gasteiger partial charge in [-0.1, -0.05) is 42.5 Å². The van der Waals surface area contributed by atoms with E-state index in [2.05, 4.69) is 22.0 Å². The second-order valence-corrected chi connectivity index (χ2v) is 8.74. The van der Waals surface area contributed by atoms with Crippen molar-refractivity contribution in [3.63, 3.8) is 0 Å². The second kappa shape index (κ2) is 10.7. The van der Waals surface area contributed by atoms with Crippen molar-refractivity contribution >= 4 is 17.6 Å². The molecule has 1 aromatic heterocycles. The average molecular weight is 490 g/mol. The molecule has 9 heteroatoms. The Bertz CT molecular complexity index is 1310. The van der Waals surface area contributed by atoms with E-state index >= 15 is 0 Å². The van der Waals surface area contributed by atoms with Gasteiger partial charge < -0.3 is 9.47 Å². The summed E-state index contributed by atoms with van der Waals surface area (Å²) in [5.74, 6) is -1.32. The first kappa shape index (κ1) is 25.0. The number of pyridine rings is 1. The molecule has 186 valence electrons. The number of ether oxygens (including phenoxy) is 2. The summed E-state index contributed by atoms with van der Waals surface area (Å²) >= 11 is 0. The van der Waals surface area contributed by atoms with E-state index in [4.69, 9.17) is 9.47 Å². The number of rotatable bonds is 7. The number of benzene rings is 2. The van der Waals surface area contributed by atoms with Crippen LogP contribution in [-0.2, 0) is 16.0 Å². The average Bonchev–Trinajstić information content (AvgIpc) is 3.30. The maximum Gasteiger partial charge on any atom is 0.340 e. The van der Waals surface area contributed by atoms with Crippen molar-refractivity contribution in [2.75, 3.05) is 20.2 Å². The molecule has 2 aromatic carbocycles. The molecule has 0 unspecified atom stereocenters. The monoisotopic (exact) mass is 489 g/mol. The van der Waals surface area contributed by atoms with Gasteiger partial charge in [0.25, 0.3) is 5.69 Å². The Morgan fingerprint density at radius 2 is 1.75 bits per heavy atom. The van der Waals surface area contributed by atoms with Crippen molar-refractivity contribution in [2.45, 2.75) is 32.9 Å². The predicted molar refractivity (Wildman–Crippen MR) is 133 cm³/mol. The summed E-state index contributed by atoms with van der Waals surface area (Å²) in [6.45, 7) is 5.40. The summed E-state index contributed by atoms with van der Waals surface area (Å²) in [6.07, 6.45) is 0.342. The van der Waals surface area contributed by atoms with Crippen molar-refractivity contribution in [1.29, 1.82) is 0 Å². The van der Waals surface area contributed by atoms with Gasteiger partial charge in [0.2, 0.25) is 0 Å². The quantitative estimate of drug-likeness (QED) is 0.271. The fraction of sp³-hybridized carbons (Fsp3) is 0.296. The molecule has 0 saturated carbocycles. The van der Waals surface area contributed by atoms with Crippen LogP contribution < -0.4 is 0 Å². The summed E-state index contributed by atoms with van der Waals surface area (Å²) in [6, 6.07) is 15.9. The van der Waals surface area contributed by atoms with Crippen molar-refractivity contribution in [2.24, 2.45) is 0 Å². The molecule has 1 atom stereocenters. The molecule has 0 spiro atoms. The number of esters is 2. The van der Waals surface area contributed by atoms with E-state index in [1.54, 1.807) is 19.9 Å². The van der Waals surface area contributed by atoms with Crippen molar-refractivity contribution < 1.29 is 24.0 Å². The molecule has 9 nitrogen and oxygen atoms in total. The van der Waals surface area contributed by atoms with Gasteiger partial charge >= 0.3 is 11.9 Å². The zero-order valence-electron chi connectivity index (χ0n) is 20.4. The second-order valence-electron chi connectivity index (χ2n) is 8.74. The van der Waals surface area contributed by atoms with E-state index in [0.717, 1.165) is 13.1 Å². The summed E-state index contributed by atoms with van der Waals surface area (Å²) in [7, 11) is 1.23. The van der Waals surface area contributed by atoms with Gasteiger partial charge in [-0.2, -0.15) is 0 Å². The molecule has 0 amide bonds. The van der Waals surface area contributed by atoms with Gasteiger partial charge in [-0.3, -0.25) is 20.0 Å². The number of aryl methyl sites for hydroxylation is 2. The minimum Gasteiger partial charge on any atom is -0.465 e. The fourth-order valence-corrected chi connectivity index (χ4v) is 4.60. The number of carbonyl (C=O) groups is 2. The van der Waals surface area contributed by atoms with E-state index < -0.39 is 16.9 Å². The fourth-order valence-electron chi connectivity index (χ4n) is 4.60. The first-order valence-electron chi connectivity index (χ1n) is 11.6. The number of aromatic nitrogens is 1. The predicted octanol–water partition coefficient (Wildman–Crippen LogP) is 4.49. The van der Waals surface area contributed by atoms with Crippen molar-refractivity contribution in [3.05, 3.63) is 92.8 Å². The summed E-state index contributed by atoms with van der Waals surface area (Å²) < 4.78 is 10.9. The number of nitro benzene ring substituents is 1. The third-order valence-electron chi connectivity index (χ3n) is 6.25. The van der Waals surface area contributed by atoms with E-state index in [1.165, 1.54) is 30.9 Å². The number of methoxy groups -OCH3 is 1. The molecule has 4 rings (SSSR count). The molecule has 0 bridgehead atoms. The lowest BCUT2D eigenvalue weighted by Gasteiger charge is -2.20. The standard InChI is InChI=1S/C27H27N3O6/c1-17-23(26(31)35-3)25(20-10-7-11-21(14-20)30(33)34)24(18(2)28-17)27(32)36-22-12-13-29(16-22)15-19-8-5-4-6-9-19/h4-11,14,22H,12-13,15-16H2,1-3H3/t22-/m0/s1. The largest absolute Gasteiger partial charge is 0.465 e. The Balaban J connectivity index is 1.68. The van der Waals surface area contributed by atoms with Crippen LogP contribution in [0.15, 0.2) is 54.6 Å². The zero-order valence-corrected chi connectivity index (χ0v) is 20.4. The molecule has 1 fully saturated rings. The summed E-state index contributed by atoms with van der Waals surface area (Å²) in [5, 5.41) is 11.4. The number of likely N-dealkylation sites (tertiary alicyclic amines) is 1. The van der Waals surface area contributed by atoms with E-state index in [-0.39, 0.29) is 28.5 Å². The Morgan fingerprint density at radius 1 is 1.06 bits per heavy atom. The highest BCUT2D eigenvalue weighted by Gasteiger charge is 2.31. The lowest BCUT2D eigenvalue weighted by Crippen LogP contribution is -2.26. The highest BCUT2D eigenvalue weighted by molar-refractivity contribution is 6.07. The van der Waals surface area contributed by atoms with Gasteiger partial charge in [0, 0.05) is 37.3 Å². The van der Waals surface area contributed by atoms with Gasteiger partial charge in [-0.25, -0.2) is 9.59 Å². The van der Waals surface area contributed by atoms with Crippen LogP contribution >= 0.6 is 0 Å². The summed E-state index contributed by atoms with van der Waals surface area (Å²) in [5.41, 5.74) is 2.47. The van der Waals surface area contributed by atoms with Gasteiger partial charge in [0.1, 0.15) is 6.10 Å². The number of hydrogen-bond donors (Lipinski definition) is 0. The first-order valence-corrected chi connectivity index (χ1v) is 11.6. The molecular weight excluding hydrogens is 462 g/mol. The summed E-state index contributed by atoms with van der Waals surface area (Å²) in [4.78, 5) is 43.8. The lowest BCUT2D eigenvalue weighted by atomic mass is 9.92. The van der Waals surface area contributed by atoms with Crippen LogP contribution in [0.25, 0.3) is 11.1 Å². The van der Waals surface area contributed by atoms with E-state index in [9.17, 15) is 19.7 Å². The third kappa shape index (κ3) is 5.26. The molecule has 0 radical (unpaired) electrons. The minimum absolute atomic E-state index is 0.0766. The smallest absolute Gasteiger partial charge is 0.340 e. The van der Waals surface area contributed by atoms with Crippen LogP contribution in [-0.4, -0.2) is 53.0 Å². The zero-order chi connectivity index (χ0) is 25.8. The number of nitrogens with zero attached hydrogens (tertiary/aromatic N) is 3. The molecule has 36 heavy (non-hydrogen) atoms. The normalized spacial score (nSPS) is 15.5. The highest BCUT2D eigenvalue weighted by Crippen LogP contribution is 2.34. The maximum atomic E-state index is 13.5. The molecular formula is C27H27N3O6. The molecule has 3 aromatic rings. The lowest BCUT2D eigenvalue weighted by molar-refractivity contribution is -0.384. The molecule has 2 heterocycles. The SMILES string of the molecule is COC(=O)c1c(C)nc(C)c(C(=O)O[C@H]2CCN(Cc3ccccc3)C2)c1-c1cccc([N+](=O)[O-])c1. The molecule has 1 aliphatic heterocycles. The number of nitro groups is 1. The maximum absolute atomic E-state index is 13.5. The van der Waals surface area contributed by atoms with Crippen LogP contribution in [0.4, 0.5) is 5.69 Å². The van der Waals surface area contributed by atoms with Crippen molar-refractivity contribution in [1.82, 2.24) is 9.88 Å². The Morgan fingerprint density at radius 3 is 2.42 bits per heavy atom. The highest BCUT2D eigenvalue weighted by atomic mass is 16.6. The molecule has 0 N–H and O–H groups in total. The Kier molecular flexibility index (Phi) is 7.40. The van der Waals surface area contributed by atoms with E-state index in [1.807, 2.05) is 18.2 Å².